The van der Waals surface area contributed by atoms with Crippen LogP contribution in [0.5, 0.6) is 23.1 Å². The highest BCUT2D eigenvalue weighted by Crippen LogP contribution is 2.42. The largest absolute Gasteiger partial charge is 0.490 e. The highest BCUT2D eigenvalue weighted by atomic mass is 16.5. The Labute approximate surface area is 192 Å². The van der Waals surface area contributed by atoms with Gasteiger partial charge in [-0.1, -0.05) is 16.8 Å². The van der Waals surface area contributed by atoms with Gasteiger partial charge in [0, 0.05) is 10.9 Å². The molecule has 0 spiro atoms. The van der Waals surface area contributed by atoms with E-state index in [0.717, 1.165) is 16.5 Å². The average Bonchev–Trinajstić information content (AvgIpc) is 3.30. The Hall–Kier alpha value is -3.81. The number of aryl methyl sites for hydroxylation is 1. The minimum atomic E-state index is 0.321. The normalized spacial score (nSPS) is 10.9. The van der Waals surface area contributed by atoms with Gasteiger partial charge in [0.15, 0.2) is 11.5 Å². The van der Waals surface area contributed by atoms with Gasteiger partial charge in [-0.15, -0.1) is 0 Å². The number of hydrogen-bond donors (Lipinski definition) is 0. The zero-order valence-corrected chi connectivity index (χ0v) is 19.5. The molecule has 0 bridgehead atoms. The summed E-state index contributed by atoms with van der Waals surface area (Å²) in [5, 5.41) is 5.16. The fourth-order valence-electron chi connectivity index (χ4n) is 3.56. The van der Waals surface area contributed by atoms with Crippen LogP contribution in [0.4, 0.5) is 0 Å². The summed E-state index contributed by atoms with van der Waals surface area (Å²) < 4.78 is 28.5. The monoisotopic (exact) mass is 449 g/mol. The maximum Gasteiger partial charge on any atom is 0.258 e. The van der Waals surface area contributed by atoms with Gasteiger partial charge in [-0.05, 0) is 58.0 Å². The van der Waals surface area contributed by atoms with Gasteiger partial charge in [-0.2, -0.15) is 4.98 Å². The van der Waals surface area contributed by atoms with E-state index in [4.69, 9.17) is 23.5 Å². The maximum absolute atomic E-state index is 5.80. The SMILES string of the molecule is CCOc1cc(-c2nc(-c3cc4cc(C)ccc4nc3OC)no2)cc(OCC)c1OCC. The third-order valence-electron chi connectivity index (χ3n) is 4.95. The first-order valence-corrected chi connectivity index (χ1v) is 10.9. The number of nitrogens with zero attached hydrogens (tertiary/aromatic N) is 3. The van der Waals surface area contributed by atoms with E-state index < -0.39 is 0 Å². The van der Waals surface area contributed by atoms with E-state index in [1.54, 1.807) is 7.11 Å². The molecule has 33 heavy (non-hydrogen) atoms. The van der Waals surface area contributed by atoms with Crippen LogP contribution in [0.1, 0.15) is 26.3 Å². The predicted molar refractivity (Wildman–Crippen MR) is 125 cm³/mol. The fraction of sp³-hybridized carbons (Fsp3) is 0.320. The number of benzene rings is 2. The van der Waals surface area contributed by atoms with Crippen molar-refractivity contribution in [3.63, 3.8) is 0 Å². The number of rotatable bonds is 9. The average molecular weight is 450 g/mol. The molecule has 0 amide bonds. The van der Waals surface area contributed by atoms with E-state index in [2.05, 4.69) is 21.2 Å². The minimum absolute atomic E-state index is 0.321. The van der Waals surface area contributed by atoms with Gasteiger partial charge in [0.1, 0.15) is 0 Å². The third-order valence-corrected chi connectivity index (χ3v) is 4.95. The van der Waals surface area contributed by atoms with Gasteiger partial charge in [0.25, 0.3) is 5.89 Å². The van der Waals surface area contributed by atoms with Crippen LogP contribution in [0.3, 0.4) is 0 Å². The van der Waals surface area contributed by atoms with Gasteiger partial charge in [-0.25, -0.2) is 4.98 Å². The Morgan fingerprint density at radius 3 is 2.18 bits per heavy atom. The number of ether oxygens (including phenoxy) is 4. The molecule has 0 N–H and O–H groups in total. The molecule has 2 aromatic heterocycles. The van der Waals surface area contributed by atoms with Crippen LogP contribution in [-0.4, -0.2) is 42.1 Å². The number of pyridine rings is 1. The Morgan fingerprint density at radius 1 is 0.848 bits per heavy atom. The molecule has 0 saturated carbocycles. The standard InChI is InChI=1S/C25H27N3O5/c1-6-30-20-13-17(14-21(31-7-2)22(20)32-8-3)24-27-23(28-33-24)18-12-16-11-15(4)9-10-19(16)26-25(18)29-5/h9-14H,6-8H2,1-5H3. The van der Waals surface area contributed by atoms with Crippen molar-refractivity contribution in [3.8, 4) is 46.0 Å². The molecule has 0 saturated heterocycles. The zero-order chi connectivity index (χ0) is 23.4. The predicted octanol–water partition coefficient (Wildman–Crippen LogP) is 5.46. The van der Waals surface area contributed by atoms with Crippen molar-refractivity contribution in [2.24, 2.45) is 0 Å². The first kappa shape index (κ1) is 22.4. The quantitative estimate of drug-likeness (QED) is 0.333. The summed E-state index contributed by atoms with van der Waals surface area (Å²) in [4.78, 5) is 9.22. The third kappa shape index (κ3) is 4.55. The lowest BCUT2D eigenvalue weighted by Crippen LogP contribution is -2.03. The fourth-order valence-corrected chi connectivity index (χ4v) is 3.56. The van der Waals surface area contributed by atoms with E-state index in [1.165, 1.54) is 0 Å². The summed E-state index contributed by atoms with van der Waals surface area (Å²) in [6, 6.07) is 11.6. The van der Waals surface area contributed by atoms with Gasteiger partial charge in [0.05, 0.1) is 38.0 Å². The van der Waals surface area contributed by atoms with Gasteiger partial charge >= 0.3 is 0 Å². The topological polar surface area (TPSA) is 88.7 Å². The summed E-state index contributed by atoms with van der Waals surface area (Å²) in [6.45, 7) is 9.21. The van der Waals surface area contributed by atoms with E-state index in [-0.39, 0.29) is 0 Å². The second-order valence-electron chi connectivity index (χ2n) is 7.27. The molecular weight excluding hydrogens is 422 g/mol. The highest BCUT2D eigenvalue weighted by Gasteiger charge is 2.21. The molecular formula is C25H27N3O5. The number of hydrogen-bond acceptors (Lipinski definition) is 8. The first-order chi connectivity index (χ1) is 16.1. The molecule has 2 aromatic carbocycles. The number of aromatic nitrogens is 3. The van der Waals surface area contributed by atoms with Crippen LogP contribution < -0.4 is 18.9 Å². The molecule has 0 aliphatic heterocycles. The molecule has 0 aliphatic rings. The summed E-state index contributed by atoms with van der Waals surface area (Å²) in [6.07, 6.45) is 0. The summed E-state index contributed by atoms with van der Waals surface area (Å²) >= 11 is 0. The molecule has 0 radical (unpaired) electrons. The lowest BCUT2D eigenvalue weighted by Gasteiger charge is -2.16. The van der Waals surface area contributed by atoms with Gasteiger partial charge < -0.3 is 23.5 Å². The second-order valence-corrected chi connectivity index (χ2v) is 7.27. The molecule has 0 atom stereocenters. The van der Waals surface area contributed by atoms with Crippen LogP contribution >= 0.6 is 0 Å². The molecule has 4 rings (SSSR count). The molecule has 0 fully saturated rings. The molecule has 172 valence electrons. The number of methoxy groups -OCH3 is 1. The molecule has 4 aromatic rings. The van der Waals surface area contributed by atoms with E-state index in [9.17, 15) is 0 Å². The molecule has 8 heteroatoms. The molecule has 8 nitrogen and oxygen atoms in total. The van der Waals surface area contributed by atoms with Gasteiger partial charge in [0.2, 0.25) is 17.5 Å². The second kappa shape index (κ2) is 9.77. The lowest BCUT2D eigenvalue weighted by molar-refractivity contribution is 0.261. The van der Waals surface area contributed by atoms with Crippen molar-refractivity contribution in [1.82, 2.24) is 15.1 Å². The zero-order valence-electron chi connectivity index (χ0n) is 19.5. The van der Waals surface area contributed by atoms with Crippen molar-refractivity contribution in [1.29, 1.82) is 0 Å². The Balaban J connectivity index is 1.80. The molecule has 0 aliphatic carbocycles. The van der Waals surface area contributed by atoms with Crippen LogP contribution in [0.15, 0.2) is 40.9 Å². The molecule has 2 heterocycles. The summed E-state index contributed by atoms with van der Waals surface area (Å²) in [7, 11) is 1.57. The van der Waals surface area contributed by atoms with Crippen molar-refractivity contribution in [2.45, 2.75) is 27.7 Å². The van der Waals surface area contributed by atoms with Crippen molar-refractivity contribution < 1.29 is 23.5 Å². The van der Waals surface area contributed by atoms with Crippen LogP contribution in [0.25, 0.3) is 33.7 Å². The summed E-state index contributed by atoms with van der Waals surface area (Å²) in [5.41, 5.74) is 3.27. The van der Waals surface area contributed by atoms with E-state index in [1.807, 2.05) is 58.0 Å². The Morgan fingerprint density at radius 2 is 1.55 bits per heavy atom. The first-order valence-electron chi connectivity index (χ1n) is 10.9. The smallest absolute Gasteiger partial charge is 0.258 e. The molecule has 0 unspecified atom stereocenters. The van der Waals surface area contributed by atoms with E-state index in [0.29, 0.717) is 65.8 Å². The Kier molecular flexibility index (Phi) is 6.63. The van der Waals surface area contributed by atoms with Crippen LogP contribution in [0.2, 0.25) is 0 Å². The van der Waals surface area contributed by atoms with Crippen LogP contribution in [0, 0.1) is 6.92 Å². The van der Waals surface area contributed by atoms with Gasteiger partial charge in [-0.3, -0.25) is 0 Å². The van der Waals surface area contributed by atoms with Crippen LogP contribution in [-0.2, 0) is 0 Å². The number of fused-ring (bicyclic) bond motifs is 1. The summed E-state index contributed by atoms with van der Waals surface area (Å²) in [5.74, 6) is 2.79. The maximum atomic E-state index is 5.80. The lowest BCUT2D eigenvalue weighted by atomic mass is 10.1. The Bertz CT molecular complexity index is 1240. The van der Waals surface area contributed by atoms with Crippen molar-refractivity contribution in [2.75, 3.05) is 26.9 Å². The van der Waals surface area contributed by atoms with E-state index >= 15 is 0 Å². The van der Waals surface area contributed by atoms with Crippen molar-refractivity contribution in [3.05, 3.63) is 42.0 Å². The minimum Gasteiger partial charge on any atom is -0.490 e. The van der Waals surface area contributed by atoms with Crippen molar-refractivity contribution >= 4 is 10.9 Å². The highest BCUT2D eigenvalue weighted by molar-refractivity contribution is 5.85.